The molecule has 0 unspecified atom stereocenters. The number of halogens is 2. The topological polar surface area (TPSA) is 117 Å². The van der Waals surface area contributed by atoms with E-state index < -0.39 is 34.5 Å². The Labute approximate surface area is 184 Å². The van der Waals surface area contributed by atoms with Crippen molar-refractivity contribution in [1.29, 1.82) is 0 Å². The molecular formula is C20H27F2N5O4S. The summed E-state index contributed by atoms with van der Waals surface area (Å²) in [7, 11) is -3.23. The SMILES string of the molecule is CS(=O)(=O)N1CCC(Nc2ncc3cc(CC(F)F)c(=O)n([C@H]4CC[C@H](O)C4)c3n2)CC1. The number of piperidine rings is 1. The second kappa shape index (κ2) is 8.99. The summed E-state index contributed by atoms with van der Waals surface area (Å²) in [5.74, 6) is 0.295. The van der Waals surface area contributed by atoms with Gasteiger partial charge >= 0.3 is 0 Å². The maximum absolute atomic E-state index is 13.0. The van der Waals surface area contributed by atoms with Crippen LogP contribution < -0.4 is 10.9 Å². The van der Waals surface area contributed by atoms with Crippen LogP contribution in [0.2, 0.25) is 0 Å². The van der Waals surface area contributed by atoms with Gasteiger partial charge in [0.25, 0.3) is 5.56 Å². The molecule has 4 rings (SSSR count). The zero-order valence-electron chi connectivity index (χ0n) is 17.7. The minimum Gasteiger partial charge on any atom is -0.393 e. The van der Waals surface area contributed by atoms with E-state index in [1.54, 1.807) is 0 Å². The van der Waals surface area contributed by atoms with Crippen LogP contribution in [0.3, 0.4) is 0 Å². The summed E-state index contributed by atoms with van der Waals surface area (Å²) in [6.45, 7) is 0.789. The van der Waals surface area contributed by atoms with E-state index in [9.17, 15) is 27.1 Å². The Bertz CT molecular complexity index is 1150. The molecule has 3 heterocycles. The summed E-state index contributed by atoms with van der Waals surface area (Å²) < 4.78 is 52.3. The number of nitrogens with one attached hydrogen (secondary N) is 1. The lowest BCUT2D eigenvalue weighted by Crippen LogP contribution is -2.42. The molecule has 2 aromatic rings. The molecule has 0 aromatic carbocycles. The Morgan fingerprint density at radius 1 is 1.25 bits per heavy atom. The number of aliphatic hydroxyl groups excluding tert-OH is 1. The van der Waals surface area contributed by atoms with Crippen LogP contribution in [-0.2, 0) is 16.4 Å². The van der Waals surface area contributed by atoms with Gasteiger partial charge in [0.1, 0.15) is 5.65 Å². The van der Waals surface area contributed by atoms with Crippen molar-refractivity contribution in [2.75, 3.05) is 24.7 Å². The van der Waals surface area contributed by atoms with Gasteiger partial charge in [0, 0.05) is 48.7 Å². The highest BCUT2D eigenvalue weighted by Gasteiger charge is 2.29. The van der Waals surface area contributed by atoms with Crippen LogP contribution in [0.15, 0.2) is 17.1 Å². The lowest BCUT2D eigenvalue weighted by Gasteiger charge is -2.30. The van der Waals surface area contributed by atoms with Crippen LogP contribution in [0.25, 0.3) is 11.0 Å². The highest BCUT2D eigenvalue weighted by Crippen LogP contribution is 2.31. The van der Waals surface area contributed by atoms with Gasteiger partial charge in [0.05, 0.1) is 12.4 Å². The molecule has 2 aliphatic rings. The molecule has 1 aliphatic carbocycles. The van der Waals surface area contributed by atoms with Crippen molar-refractivity contribution in [3.63, 3.8) is 0 Å². The molecule has 1 saturated heterocycles. The summed E-state index contributed by atoms with van der Waals surface area (Å²) >= 11 is 0. The van der Waals surface area contributed by atoms with Gasteiger partial charge in [-0.2, -0.15) is 4.98 Å². The molecule has 2 aromatic heterocycles. The van der Waals surface area contributed by atoms with Crippen LogP contribution >= 0.6 is 0 Å². The fourth-order valence-corrected chi connectivity index (χ4v) is 5.46. The fraction of sp³-hybridized carbons (Fsp3) is 0.650. The summed E-state index contributed by atoms with van der Waals surface area (Å²) in [4.78, 5) is 21.9. The molecule has 0 spiro atoms. The monoisotopic (exact) mass is 471 g/mol. The second-order valence-corrected chi connectivity index (χ2v) is 10.6. The zero-order valence-corrected chi connectivity index (χ0v) is 18.6. The van der Waals surface area contributed by atoms with Gasteiger partial charge in [-0.15, -0.1) is 0 Å². The number of hydrogen-bond acceptors (Lipinski definition) is 7. The van der Waals surface area contributed by atoms with Crippen LogP contribution in [0.1, 0.15) is 43.7 Å². The van der Waals surface area contributed by atoms with Gasteiger partial charge in [-0.1, -0.05) is 0 Å². The Hall–Kier alpha value is -2.18. The lowest BCUT2D eigenvalue weighted by atomic mass is 10.1. The number of nitrogens with zero attached hydrogens (tertiary/aromatic N) is 4. The second-order valence-electron chi connectivity index (χ2n) is 8.61. The number of rotatable bonds is 6. The molecule has 0 bridgehead atoms. The van der Waals surface area contributed by atoms with Crippen LogP contribution in [0, 0.1) is 0 Å². The lowest BCUT2D eigenvalue weighted by molar-refractivity contribution is 0.148. The van der Waals surface area contributed by atoms with Gasteiger partial charge in [0.15, 0.2) is 0 Å². The number of aromatic nitrogens is 3. The fourth-order valence-electron chi connectivity index (χ4n) is 4.58. The number of sulfonamides is 1. The molecule has 2 fully saturated rings. The minimum atomic E-state index is -3.23. The third kappa shape index (κ3) is 4.91. The summed E-state index contributed by atoms with van der Waals surface area (Å²) in [6, 6.07) is 1.07. The quantitative estimate of drug-likeness (QED) is 0.656. The van der Waals surface area contributed by atoms with E-state index in [4.69, 9.17) is 0 Å². The van der Waals surface area contributed by atoms with Crippen LogP contribution in [-0.4, -0.2) is 70.3 Å². The van der Waals surface area contributed by atoms with Crippen molar-refractivity contribution in [3.05, 3.63) is 28.2 Å². The molecule has 2 N–H and O–H groups in total. The van der Waals surface area contributed by atoms with Crippen molar-refractivity contribution in [2.24, 2.45) is 0 Å². The first-order chi connectivity index (χ1) is 15.1. The van der Waals surface area contributed by atoms with Crippen LogP contribution in [0.4, 0.5) is 14.7 Å². The highest BCUT2D eigenvalue weighted by molar-refractivity contribution is 7.88. The minimum absolute atomic E-state index is 0.00588. The number of alkyl halides is 2. The van der Waals surface area contributed by atoms with Gasteiger partial charge in [-0.05, 0) is 38.2 Å². The third-order valence-electron chi connectivity index (χ3n) is 6.22. The van der Waals surface area contributed by atoms with E-state index in [2.05, 4.69) is 15.3 Å². The van der Waals surface area contributed by atoms with E-state index >= 15 is 0 Å². The van der Waals surface area contributed by atoms with Crippen molar-refractivity contribution in [1.82, 2.24) is 18.8 Å². The molecule has 1 aliphatic heterocycles. The van der Waals surface area contributed by atoms with Gasteiger partial charge in [0.2, 0.25) is 22.4 Å². The number of pyridine rings is 1. The maximum atomic E-state index is 13.0. The number of anilines is 1. The van der Waals surface area contributed by atoms with Gasteiger partial charge in [-0.25, -0.2) is 26.5 Å². The van der Waals surface area contributed by atoms with E-state index in [-0.39, 0.29) is 17.6 Å². The van der Waals surface area contributed by atoms with Crippen molar-refractivity contribution < 1.29 is 22.3 Å². The smallest absolute Gasteiger partial charge is 0.255 e. The van der Waals surface area contributed by atoms with Crippen LogP contribution in [0.5, 0.6) is 0 Å². The maximum Gasteiger partial charge on any atom is 0.255 e. The molecule has 1 saturated carbocycles. The van der Waals surface area contributed by atoms with Crippen molar-refractivity contribution in [2.45, 2.75) is 63.1 Å². The number of aliphatic hydroxyl groups is 1. The van der Waals surface area contributed by atoms with E-state index in [0.29, 0.717) is 62.2 Å². The number of hydrogen-bond donors (Lipinski definition) is 2. The van der Waals surface area contributed by atoms with Gasteiger partial charge < -0.3 is 10.4 Å². The first-order valence-corrected chi connectivity index (χ1v) is 12.6. The average molecular weight is 472 g/mol. The Kier molecular flexibility index (Phi) is 6.46. The molecule has 0 radical (unpaired) electrons. The Balaban J connectivity index is 1.65. The molecule has 2 atom stereocenters. The largest absolute Gasteiger partial charge is 0.393 e. The van der Waals surface area contributed by atoms with Crippen molar-refractivity contribution >= 4 is 27.0 Å². The molecular weight excluding hydrogens is 444 g/mol. The normalized spacial score (nSPS) is 23.3. The molecule has 12 heteroatoms. The Morgan fingerprint density at radius 3 is 2.56 bits per heavy atom. The predicted octanol–water partition coefficient (Wildman–Crippen LogP) is 1.52. The first-order valence-electron chi connectivity index (χ1n) is 10.7. The molecule has 9 nitrogen and oxygen atoms in total. The molecule has 32 heavy (non-hydrogen) atoms. The predicted molar refractivity (Wildman–Crippen MR) is 115 cm³/mol. The highest BCUT2D eigenvalue weighted by atomic mass is 32.2. The van der Waals surface area contributed by atoms with E-state index in [1.807, 2.05) is 0 Å². The van der Waals surface area contributed by atoms with E-state index in [0.717, 1.165) is 0 Å². The standard InChI is InChI=1S/C20H27F2N5O4S/c1-32(30,31)26-6-4-14(5-7-26)24-20-23-11-13-8-12(9-17(21)22)19(29)27(18(13)25-20)15-2-3-16(28)10-15/h8,11,14-17,28H,2-7,9-10H2,1H3,(H,23,24,25)/t15-,16-/m0/s1. The summed E-state index contributed by atoms with van der Waals surface area (Å²) in [5, 5.41) is 13.7. The molecule has 176 valence electrons. The Morgan fingerprint density at radius 2 is 1.97 bits per heavy atom. The first kappa shape index (κ1) is 23.0. The molecule has 0 amide bonds. The number of fused-ring (bicyclic) bond motifs is 1. The summed E-state index contributed by atoms with van der Waals surface area (Å²) in [6.07, 6.45) is 1.49. The third-order valence-corrected chi connectivity index (χ3v) is 7.52. The van der Waals surface area contributed by atoms with Crippen molar-refractivity contribution in [3.8, 4) is 0 Å². The van der Waals surface area contributed by atoms with E-state index in [1.165, 1.54) is 27.4 Å². The summed E-state index contributed by atoms with van der Waals surface area (Å²) in [5.41, 5.74) is -0.160. The average Bonchev–Trinajstić information content (AvgIpc) is 3.14. The zero-order chi connectivity index (χ0) is 23.0. The van der Waals surface area contributed by atoms with Gasteiger partial charge in [-0.3, -0.25) is 9.36 Å².